The smallest absolute Gasteiger partial charge is 0.309 e. The number of nitrogens with zero attached hydrogens (tertiary/aromatic N) is 3. The van der Waals surface area contributed by atoms with Gasteiger partial charge in [0.05, 0.1) is 82.3 Å². The second-order valence-electron chi connectivity index (χ2n) is 21.1. The van der Waals surface area contributed by atoms with E-state index in [0.29, 0.717) is 71.4 Å². The molecule has 4 amide bonds. The third-order valence-electron chi connectivity index (χ3n) is 15.0. The molecule has 1 aromatic rings. The molecule has 1 saturated heterocycles. The van der Waals surface area contributed by atoms with Crippen molar-refractivity contribution < 1.29 is 62.0 Å². The number of amides is 4. The molecule has 0 radical (unpaired) electrons. The molecule has 18 heteroatoms. The molecule has 10 atom stereocenters. The lowest BCUT2D eigenvalue weighted by Crippen LogP contribution is -2.54. The van der Waals surface area contributed by atoms with Crippen molar-refractivity contribution in [3.05, 3.63) is 35.9 Å². The van der Waals surface area contributed by atoms with Gasteiger partial charge in [0, 0.05) is 85.3 Å². The molecule has 1 aliphatic heterocycles. The standard InChI is InChI=1S/C57H95N5O13/c1-14-39(6)54(49(71-11)36-52(68)62-28-20-23-45(62)55(72-12)40(7)47(64)34-43(57(70)73-13)33-42-21-16-15-17-22-42)61(10)56(69)44(37(2)3)35-48(65)53(38(4)5)60(9)51(67)25-19-18-24-46(63)41(8)59-50(66)26-29-74-31-32-75-30-27-58/h15-17,21-22,37-41,43-45,49,53-55H,14,18-20,23-36,58H2,1-13H3,(H,59,66)/t39-,40-,41?,43+,44-,45-,49+,53-,54-,55+/m0/s1. The molecule has 0 aliphatic carbocycles. The van der Waals surface area contributed by atoms with E-state index >= 15 is 0 Å². The Kier molecular flexibility index (Phi) is 31.0. The summed E-state index contributed by atoms with van der Waals surface area (Å²) in [5.41, 5.74) is 6.30. The fraction of sp³-hybridized carbons (Fsp3) is 0.754. The highest BCUT2D eigenvalue weighted by atomic mass is 16.5. The number of carbonyl (C=O) groups excluding carboxylic acids is 8. The van der Waals surface area contributed by atoms with Gasteiger partial charge in [-0.3, -0.25) is 38.4 Å². The van der Waals surface area contributed by atoms with Crippen molar-refractivity contribution in [1.29, 1.82) is 0 Å². The average molecular weight is 1060 g/mol. The molecular formula is C57H95N5O13. The van der Waals surface area contributed by atoms with Gasteiger partial charge in [0.25, 0.3) is 0 Å². The SMILES string of the molecule is CC[C@H](C)[C@@H]([C@@H](CC(=O)N1CCC[C@H]1[C@H](OC)[C@@H](C)C(=O)C[C@@H](Cc1ccccc1)C(=O)OC)OC)N(C)C(=O)[C@@H](CC(=O)[C@H](C(C)C)N(C)C(=O)CCCCC(=O)C(C)NC(=O)CCOCCOCCN)C(C)C. The molecule has 75 heavy (non-hydrogen) atoms. The summed E-state index contributed by atoms with van der Waals surface area (Å²) in [7, 11) is 7.69. The fourth-order valence-electron chi connectivity index (χ4n) is 10.4. The number of hydrogen-bond donors (Lipinski definition) is 2. The first-order valence-corrected chi connectivity index (χ1v) is 27.3. The second-order valence-corrected chi connectivity index (χ2v) is 21.1. The summed E-state index contributed by atoms with van der Waals surface area (Å²) in [5.74, 6) is -4.66. The summed E-state index contributed by atoms with van der Waals surface area (Å²) in [5, 5.41) is 2.70. The first-order chi connectivity index (χ1) is 35.6. The van der Waals surface area contributed by atoms with Gasteiger partial charge < -0.3 is 49.4 Å². The van der Waals surface area contributed by atoms with E-state index in [4.69, 9.17) is 29.4 Å². The molecule has 1 fully saturated rings. The summed E-state index contributed by atoms with van der Waals surface area (Å²) in [4.78, 5) is 114. The summed E-state index contributed by atoms with van der Waals surface area (Å²) >= 11 is 0. The van der Waals surface area contributed by atoms with E-state index < -0.39 is 60.1 Å². The summed E-state index contributed by atoms with van der Waals surface area (Å²) in [6, 6.07) is 7.04. The van der Waals surface area contributed by atoms with Crippen molar-refractivity contribution in [3.63, 3.8) is 0 Å². The van der Waals surface area contributed by atoms with Crippen LogP contribution in [0.25, 0.3) is 0 Å². The zero-order valence-corrected chi connectivity index (χ0v) is 47.8. The Morgan fingerprint density at radius 1 is 0.747 bits per heavy atom. The maximum absolute atomic E-state index is 14.7. The van der Waals surface area contributed by atoms with Gasteiger partial charge in [0.15, 0.2) is 11.6 Å². The zero-order valence-electron chi connectivity index (χ0n) is 47.8. The monoisotopic (exact) mass is 1060 g/mol. The normalized spacial score (nSPS) is 17.3. The average Bonchev–Trinajstić information content (AvgIpc) is 3.87. The van der Waals surface area contributed by atoms with Gasteiger partial charge in [-0.25, -0.2) is 0 Å². The molecular weight excluding hydrogens is 963 g/mol. The van der Waals surface area contributed by atoms with Crippen molar-refractivity contribution in [2.75, 3.05) is 74.9 Å². The van der Waals surface area contributed by atoms with Gasteiger partial charge in [-0.2, -0.15) is 0 Å². The quantitative estimate of drug-likeness (QED) is 0.0605. The molecule has 1 aromatic carbocycles. The number of esters is 1. The topological polar surface area (TPSA) is 230 Å². The Morgan fingerprint density at radius 3 is 1.96 bits per heavy atom. The number of ether oxygens (including phenoxy) is 5. The highest BCUT2D eigenvalue weighted by molar-refractivity contribution is 5.93. The van der Waals surface area contributed by atoms with Gasteiger partial charge in [0.2, 0.25) is 23.6 Å². The highest BCUT2D eigenvalue weighted by Crippen LogP contribution is 2.32. The van der Waals surface area contributed by atoms with E-state index in [2.05, 4.69) is 5.32 Å². The maximum Gasteiger partial charge on any atom is 0.309 e. The minimum absolute atomic E-state index is 0.0382. The third-order valence-corrected chi connectivity index (χ3v) is 15.0. The van der Waals surface area contributed by atoms with Crippen molar-refractivity contribution in [1.82, 2.24) is 20.0 Å². The van der Waals surface area contributed by atoms with Crippen LogP contribution in [0, 0.1) is 35.5 Å². The van der Waals surface area contributed by atoms with Crippen LogP contribution in [0.2, 0.25) is 0 Å². The van der Waals surface area contributed by atoms with Gasteiger partial charge in [-0.1, -0.05) is 85.2 Å². The molecule has 0 spiro atoms. The first-order valence-electron chi connectivity index (χ1n) is 27.3. The van der Waals surface area contributed by atoms with Gasteiger partial charge >= 0.3 is 5.97 Å². The predicted octanol–water partition coefficient (Wildman–Crippen LogP) is 5.63. The number of nitrogens with one attached hydrogen (secondary N) is 1. The Labute approximate surface area is 448 Å². The second kappa shape index (κ2) is 34.9. The molecule has 1 heterocycles. The number of methoxy groups -OCH3 is 3. The molecule has 3 N–H and O–H groups in total. The number of likely N-dealkylation sites (tertiary alicyclic amines) is 1. The third kappa shape index (κ3) is 21.4. The number of nitrogens with two attached hydrogens (primary N) is 1. The Balaban J connectivity index is 2.12. The minimum Gasteiger partial charge on any atom is -0.469 e. The van der Waals surface area contributed by atoms with E-state index in [-0.39, 0.29) is 104 Å². The number of hydrogen-bond acceptors (Lipinski definition) is 14. The number of benzene rings is 1. The Bertz CT molecular complexity index is 1930. The highest BCUT2D eigenvalue weighted by Gasteiger charge is 2.44. The summed E-state index contributed by atoms with van der Waals surface area (Å²) in [6.45, 7) is 17.2. The van der Waals surface area contributed by atoms with Crippen LogP contribution in [0.4, 0.5) is 0 Å². The summed E-state index contributed by atoms with van der Waals surface area (Å²) in [6.07, 6.45) is 2.05. The van der Waals surface area contributed by atoms with Crippen LogP contribution < -0.4 is 11.1 Å². The molecule has 2 rings (SSSR count). The number of carbonyl (C=O) groups is 8. The number of Topliss-reactive ketones (excluding diaryl/α,β-unsaturated/α-hetero) is 3. The Hall–Kier alpha value is -4.62. The number of likely N-dealkylation sites (N-methyl/N-ethyl adjacent to an activating group) is 2. The molecule has 1 aliphatic rings. The Morgan fingerprint density at radius 2 is 1.39 bits per heavy atom. The van der Waals surface area contributed by atoms with Gasteiger partial charge in [-0.05, 0) is 62.3 Å². The molecule has 0 bridgehead atoms. The van der Waals surface area contributed by atoms with Crippen LogP contribution in [-0.2, 0) is 68.5 Å². The van der Waals surface area contributed by atoms with Gasteiger partial charge in [0.1, 0.15) is 5.78 Å². The number of rotatable bonds is 38. The number of unbranched alkanes of at least 4 members (excludes halogenated alkanes) is 1. The zero-order chi connectivity index (χ0) is 56.4. The van der Waals surface area contributed by atoms with Crippen LogP contribution in [0.3, 0.4) is 0 Å². The van der Waals surface area contributed by atoms with Crippen molar-refractivity contribution in [2.24, 2.45) is 41.2 Å². The minimum atomic E-state index is -0.795. The molecule has 0 aromatic heterocycles. The predicted molar refractivity (Wildman–Crippen MR) is 287 cm³/mol. The fourth-order valence-corrected chi connectivity index (χ4v) is 10.4. The molecule has 0 saturated carbocycles. The molecule has 426 valence electrons. The van der Waals surface area contributed by atoms with Crippen LogP contribution in [0.5, 0.6) is 0 Å². The van der Waals surface area contributed by atoms with Crippen LogP contribution in [0.15, 0.2) is 30.3 Å². The lowest BCUT2D eigenvalue weighted by Gasteiger charge is -2.41. The van der Waals surface area contributed by atoms with E-state index in [1.807, 2.05) is 71.9 Å². The van der Waals surface area contributed by atoms with Crippen LogP contribution in [0.1, 0.15) is 132 Å². The number of ketones is 3. The van der Waals surface area contributed by atoms with E-state index in [9.17, 15) is 38.4 Å². The summed E-state index contributed by atoms with van der Waals surface area (Å²) < 4.78 is 27.8. The van der Waals surface area contributed by atoms with Crippen LogP contribution >= 0.6 is 0 Å². The molecule has 18 nitrogen and oxygen atoms in total. The maximum atomic E-state index is 14.7. The lowest BCUT2D eigenvalue weighted by molar-refractivity contribution is -0.150. The van der Waals surface area contributed by atoms with Crippen molar-refractivity contribution >= 4 is 46.9 Å². The molecule has 1 unspecified atom stereocenters. The largest absolute Gasteiger partial charge is 0.469 e. The van der Waals surface area contributed by atoms with Gasteiger partial charge in [-0.15, -0.1) is 0 Å². The van der Waals surface area contributed by atoms with Crippen molar-refractivity contribution in [3.8, 4) is 0 Å². The lowest BCUT2D eigenvalue weighted by atomic mass is 9.83. The van der Waals surface area contributed by atoms with E-state index in [1.54, 1.807) is 37.7 Å². The van der Waals surface area contributed by atoms with E-state index in [1.165, 1.54) is 26.2 Å². The van der Waals surface area contributed by atoms with Crippen LogP contribution in [-0.4, -0.2) is 173 Å². The first kappa shape index (κ1) is 66.5. The van der Waals surface area contributed by atoms with E-state index in [0.717, 1.165) is 5.56 Å². The van der Waals surface area contributed by atoms with Crippen molar-refractivity contribution in [2.45, 2.75) is 169 Å².